The van der Waals surface area contributed by atoms with Crippen LogP contribution < -0.4 is 10.6 Å². The highest BCUT2D eigenvalue weighted by Gasteiger charge is 2.55. The third-order valence-corrected chi connectivity index (χ3v) is 7.57. The molecule has 192 valence electrons. The number of nitrogens with one attached hydrogen (secondary N) is 2. The molecular weight excluding hydrogens is 489 g/mol. The number of carbonyl (C=O) groups excluding carboxylic acids is 2. The van der Waals surface area contributed by atoms with Crippen molar-refractivity contribution >= 4 is 31.3 Å². The zero-order chi connectivity index (χ0) is 25.2. The Kier molecular flexibility index (Phi) is 11.2. The Labute approximate surface area is 204 Å². The second kappa shape index (κ2) is 13.4. The number of carbonyl (C=O) groups is 2. The Morgan fingerprint density at radius 1 is 1.15 bits per heavy atom. The second-order valence-corrected chi connectivity index (χ2v) is 9.61. The first kappa shape index (κ1) is 28.5. The van der Waals surface area contributed by atoms with Crippen molar-refractivity contribution in [2.75, 3.05) is 40.1 Å². The van der Waals surface area contributed by atoms with Gasteiger partial charge in [-0.05, 0) is 39.3 Å². The summed E-state index contributed by atoms with van der Waals surface area (Å²) in [5, 5.41) is 1.14. The van der Waals surface area contributed by atoms with Crippen LogP contribution in [-0.4, -0.2) is 68.2 Å². The monoisotopic (exact) mass is 521 g/mol. The van der Waals surface area contributed by atoms with E-state index in [1.165, 1.54) is 12.0 Å². The zero-order valence-corrected chi connectivity index (χ0v) is 21.5. The molecule has 1 aliphatic heterocycles. The third-order valence-electron chi connectivity index (χ3n) is 5.14. The summed E-state index contributed by atoms with van der Waals surface area (Å²) >= 11 is 6.91. The molecule has 1 aromatic rings. The Morgan fingerprint density at radius 2 is 1.79 bits per heavy atom. The van der Waals surface area contributed by atoms with E-state index in [1.807, 2.05) is 0 Å². The lowest BCUT2D eigenvalue weighted by Crippen LogP contribution is -2.66. The van der Waals surface area contributed by atoms with Crippen LogP contribution in [0.2, 0.25) is 0 Å². The fourth-order valence-electron chi connectivity index (χ4n) is 3.55. The van der Waals surface area contributed by atoms with Gasteiger partial charge in [0, 0.05) is 25.1 Å². The number of alkyl halides is 1. The number of methoxy groups -OCH3 is 1. The van der Waals surface area contributed by atoms with E-state index < -0.39 is 36.9 Å². The number of likely N-dealkylation sites (tertiary alicyclic amines) is 1. The summed E-state index contributed by atoms with van der Waals surface area (Å²) in [4.78, 5) is 31.7. The number of hydrogen-bond donors (Lipinski definition) is 2. The number of benzene rings is 1. The molecule has 3 atom stereocenters. The van der Waals surface area contributed by atoms with E-state index in [0.29, 0.717) is 12.0 Å². The molecule has 1 aromatic carbocycles. The molecule has 11 nitrogen and oxygen atoms in total. The first-order chi connectivity index (χ1) is 16.2. The summed E-state index contributed by atoms with van der Waals surface area (Å²) in [6.45, 7) is 5.46. The minimum Gasteiger partial charge on any atom is -0.450 e. The molecule has 1 saturated heterocycles. The minimum atomic E-state index is -3.86. The SMILES string of the molecule is CCOC(=O)N1CCC(CONC(=O)c2ccccc2)C(Cl)(OC)C1NP(=O)(OCC)OCC. The van der Waals surface area contributed by atoms with Crippen molar-refractivity contribution in [1.29, 1.82) is 0 Å². The summed E-state index contributed by atoms with van der Waals surface area (Å²) in [6.07, 6.45) is -1.48. The van der Waals surface area contributed by atoms with E-state index in [2.05, 4.69) is 10.6 Å². The molecule has 34 heavy (non-hydrogen) atoms. The normalized spacial score (nSPS) is 22.9. The van der Waals surface area contributed by atoms with Crippen LogP contribution >= 0.6 is 19.3 Å². The zero-order valence-electron chi connectivity index (χ0n) is 19.8. The van der Waals surface area contributed by atoms with Gasteiger partial charge in [-0.2, -0.15) is 5.09 Å². The average Bonchev–Trinajstić information content (AvgIpc) is 2.82. The number of hydroxylamine groups is 1. The van der Waals surface area contributed by atoms with Gasteiger partial charge in [-0.25, -0.2) is 14.8 Å². The summed E-state index contributed by atoms with van der Waals surface area (Å²) in [6, 6.07) is 8.57. The second-order valence-electron chi connectivity index (χ2n) is 7.25. The van der Waals surface area contributed by atoms with Crippen LogP contribution in [-0.2, 0) is 27.9 Å². The maximum Gasteiger partial charge on any atom is 0.411 e. The number of piperidine rings is 1. The van der Waals surface area contributed by atoms with E-state index in [1.54, 1.807) is 51.1 Å². The van der Waals surface area contributed by atoms with E-state index >= 15 is 0 Å². The lowest BCUT2D eigenvalue weighted by Gasteiger charge is -2.49. The predicted octanol–water partition coefficient (Wildman–Crippen LogP) is 3.50. The molecule has 0 aromatic heterocycles. The molecule has 2 amide bonds. The number of halogens is 1. The van der Waals surface area contributed by atoms with Gasteiger partial charge in [0.25, 0.3) is 5.91 Å². The average molecular weight is 522 g/mol. The maximum atomic E-state index is 13.2. The molecule has 3 unspecified atom stereocenters. The Morgan fingerprint density at radius 3 is 2.35 bits per heavy atom. The first-order valence-corrected chi connectivity index (χ1v) is 13.0. The Balaban J connectivity index is 2.23. The van der Waals surface area contributed by atoms with Crippen LogP contribution in [0.25, 0.3) is 0 Å². The van der Waals surface area contributed by atoms with E-state index in [9.17, 15) is 14.2 Å². The summed E-state index contributed by atoms with van der Waals surface area (Å²) in [5.74, 6) is -0.955. The van der Waals surface area contributed by atoms with Crippen molar-refractivity contribution in [3.8, 4) is 0 Å². The standard InChI is InChI=1S/C21H33ClN3O8P/c1-5-30-20(27)25-14-13-17(15-31-23-18(26)16-11-9-8-10-12-16)21(22,29-4)19(25)24-34(28,32-6-2)33-7-3/h8-12,17,19H,5-7,13-15H2,1-4H3,(H,23,26)(H,24,28). The molecule has 0 bridgehead atoms. The lowest BCUT2D eigenvalue weighted by molar-refractivity contribution is -0.115. The number of hydrogen-bond acceptors (Lipinski definition) is 8. The highest BCUT2D eigenvalue weighted by molar-refractivity contribution is 7.51. The molecule has 1 heterocycles. The Bertz CT molecular complexity index is 839. The van der Waals surface area contributed by atoms with Crippen LogP contribution in [0, 0.1) is 5.92 Å². The van der Waals surface area contributed by atoms with Gasteiger partial charge in [-0.1, -0.05) is 29.8 Å². The molecule has 13 heteroatoms. The van der Waals surface area contributed by atoms with Gasteiger partial charge in [0.05, 0.1) is 26.4 Å². The van der Waals surface area contributed by atoms with Gasteiger partial charge in [0.15, 0.2) is 5.06 Å². The molecule has 0 spiro atoms. The summed E-state index contributed by atoms with van der Waals surface area (Å²) in [7, 11) is -2.50. The molecule has 2 N–H and O–H groups in total. The predicted molar refractivity (Wildman–Crippen MR) is 125 cm³/mol. The third kappa shape index (κ3) is 7.14. The van der Waals surface area contributed by atoms with Crippen molar-refractivity contribution in [3.05, 3.63) is 35.9 Å². The topological polar surface area (TPSA) is 125 Å². The van der Waals surface area contributed by atoms with E-state index in [-0.39, 0.29) is 33.0 Å². The number of amides is 2. The summed E-state index contributed by atoms with van der Waals surface area (Å²) < 4.78 is 34.7. The van der Waals surface area contributed by atoms with Crippen LogP contribution in [0.3, 0.4) is 0 Å². The van der Waals surface area contributed by atoms with Gasteiger partial charge in [-0.3, -0.25) is 23.6 Å². The number of nitrogens with zero attached hydrogens (tertiary/aromatic N) is 1. The van der Waals surface area contributed by atoms with Crippen LogP contribution in [0.15, 0.2) is 30.3 Å². The van der Waals surface area contributed by atoms with Crippen molar-refractivity contribution in [2.24, 2.45) is 5.92 Å². The smallest absolute Gasteiger partial charge is 0.411 e. The van der Waals surface area contributed by atoms with E-state index in [4.69, 9.17) is 35.0 Å². The molecule has 0 aliphatic carbocycles. The largest absolute Gasteiger partial charge is 0.450 e. The van der Waals surface area contributed by atoms with Crippen molar-refractivity contribution < 1.29 is 37.5 Å². The van der Waals surface area contributed by atoms with Gasteiger partial charge in [0.1, 0.15) is 6.17 Å². The fourth-order valence-corrected chi connectivity index (χ4v) is 5.51. The minimum absolute atomic E-state index is 0.0433. The van der Waals surface area contributed by atoms with Crippen LogP contribution in [0.1, 0.15) is 37.6 Å². The van der Waals surface area contributed by atoms with Gasteiger partial charge >= 0.3 is 13.8 Å². The summed E-state index contributed by atoms with van der Waals surface area (Å²) in [5.41, 5.74) is 2.81. The molecule has 1 aliphatic rings. The molecule has 1 fully saturated rings. The fraction of sp³-hybridized carbons (Fsp3) is 0.619. The molecule has 2 rings (SSSR count). The molecule has 0 saturated carbocycles. The van der Waals surface area contributed by atoms with Gasteiger partial charge in [-0.15, -0.1) is 0 Å². The Hall–Kier alpha value is -1.72. The van der Waals surface area contributed by atoms with E-state index in [0.717, 1.165) is 0 Å². The maximum absolute atomic E-state index is 13.2. The quantitative estimate of drug-likeness (QED) is 0.241. The van der Waals surface area contributed by atoms with Crippen LogP contribution in [0.4, 0.5) is 4.79 Å². The van der Waals surface area contributed by atoms with Crippen LogP contribution in [0.5, 0.6) is 0 Å². The highest BCUT2D eigenvalue weighted by atomic mass is 35.5. The molecule has 0 radical (unpaired) electrons. The van der Waals surface area contributed by atoms with Crippen molar-refractivity contribution in [2.45, 2.75) is 38.4 Å². The van der Waals surface area contributed by atoms with Crippen molar-refractivity contribution in [1.82, 2.24) is 15.5 Å². The lowest BCUT2D eigenvalue weighted by atomic mass is 9.91. The number of rotatable bonds is 12. The van der Waals surface area contributed by atoms with Gasteiger partial charge in [0.2, 0.25) is 0 Å². The first-order valence-electron chi connectivity index (χ1n) is 11.1. The molecular formula is C21H33ClN3O8P. The van der Waals surface area contributed by atoms with Gasteiger partial charge < -0.3 is 9.47 Å². The highest BCUT2D eigenvalue weighted by Crippen LogP contribution is 2.49. The number of ether oxygens (including phenoxy) is 2. The van der Waals surface area contributed by atoms with Crippen molar-refractivity contribution in [3.63, 3.8) is 0 Å².